The van der Waals surface area contributed by atoms with Crippen molar-refractivity contribution in [3.8, 4) is 5.75 Å². The van der Waals surface area contributed by atoms with Crippen LogP contribution < -0.4 is 10.1 Å². The van der Waals surface area contributed by atoms with Crippen molar-refractivity contribution in [3.63, 3.8) is 0 Å². The molecule has 2 aromatic carbocycles. The van der Waals surface area contributed by atoms with Crippen LogP contribution in [0.1, 0.15) is 24.5 Å². The van der Waals surface area contributed by atoms with Gasteiger partial charge in [0.15, 0.2) is 6.61 Å². The summed E-state index contributed by atoms with van der Waals surface area (Å²) in [6.45, 7) is 1.63. The van der Waals surface area contributed by atoms with Crippen LogP contribution in [0.25, 0.3) is 6.08 Å². The molecular weight excluding hydrogens is 342 g/mol. The average Bonchev–Trinajstić information content (AvgIpc) is 2.70. The van der Waals surface area contributed by atoms with E-state index in [-0.39, 0.29) is 18.6 Å². The fraction of sp³-hybridized carbons (Fsp3) is 0.273. The first kappa shape index (κ1) is 20.2. The van der Waals surface area contributed by atoms with Crippen molar-refractivity contribution in [2.24, 2.45) is 0 Å². The quantitative estimate of drug-likeness (QED) is 0.545. The number of rotatable bonds is 9. The number of hydrogen-bond acceptors (Lipinski definition) is 4. The van der Waals surface area contributed by atoms with Crippen molar-refractivity contribution < 1.29 is 19.1 Å². The number of esters is 1. The maximum Gasteiger partial charge on any atom is 0.331 e. The van der Waals surface area contributed by atoms with Crippen molar-refractivity contribution in [3.05, 3.63) is 71.8 Å². The van der Waals surface area contributed by atoms with Crippen LogP contribution >= 0.6 is 0 Å². The molecule has 1 atom stereocenters. The minimum absolute atomic E-state index is 0.000491. The number of carbonyl (C=O) groups is 2. The Morgan fingerprint density at radius 1 is 1.07 bits per heavy atom. The van der Waals surface area contributed by atoms with Crippen LogP contribution in [0.15, 0.2) is 60.7 Å². The van der Waals surface area contributed by atoms with Crippen LogP contribution in [0.5, 0.6) is 5.75 Å². The second kappa shape index (κ2) is 10.8. The molecule has 5 heteroatoms. The molecule has 0 aliphatic heterocycles. The monoisotopic (exact) mass is 367 g/mol. The zero-order valence-corrected chi connectivity index (χ0v) is 15.7. The molecule has 2 rings (SSSR count). The number of amides is 1. The van der Waals surface area contributed by atoms with Crippen LogP contribution in [0.2, 0.25) is 0 Å². The summed E-state index contributed by atoms with van der Waals surface area (Å²) in [6, 6.07) is 17.4. The van der Waals surface area contributed by atoms with Crippen molar-refractivity contribution in [1.29, 1.82) is 0 Å². The normalized spacial score (nSPS) is 11.8. The number of nitrogens with one attached hydrogen (secondary N) is 1. The Kier molecular flexibility index (Phi) is 8.10. The zero-order chi connectivity index (χ0) is 19.5. The molecule has 2 aromatic rings. The molecule has 27 heavy (non-hydrogen) atoms. The lowest BCUT2D eigenvalue weighted by molar-refractivity contribution is -0.144. The summed E-state index contributed by atoms with van der Waals surface area (Å²) in [5.74, 6) is -0.228. The van der Waals surface area contributed by atoms with E-state index >= 15 is 0 Å². The number of hydrogen-bond donors (Lipinski definition) is 1. The summed E-state index contributed by atoms with van der Waals surface area (Å²) >= 11 is 0. The SMILES string of the molecule is COc1ccccc1/C=C/C(=O)OCC(=O)N[C@H](C)CCc1ccccc1. The van der Waals surface area contributed by atoms with Gasteiger partial charge >= 0.3 is 5.97 Å². The van der Waals surface area contributed by atoms with Gasteiger partial charge in [0.2, 0.25) is 0 Å². The van der Waals surface area contributed by atoms with Gasteiger partial charge in [0.25, 0.3) is 5.91 Å². The van der Waals surface area contributed by atoms with Crippen LogP contribution in [-0.4, -0.2) is 31.6 Å². The average molecular weight is 367 g/mol. The number of carbonyl (C=O) groups excluding carboxylic acids is 2. The van der Waals surface area contributed by atoms with Gasteiger partial charge in [0.05, 0.1) is 7.11 Å². The van der Waals surface area contributed by atoms with Gasteiger partial charge < -0.3 is 14.8 Å². The highest BCUT2D eigenvalue weighted by molar-refractivity contribution is 5.89. The largest absolute Gasteiger partial charge is 0.496 e. The van der Waals surface area contributed by atoms with Gasteiger partial charge in [-0.15, -0.1) is 0 Å². The molecule has 0 aliphatic carbocycles. The van der Waals surface area contributed by atoms with E-state index in [1.807, 2.05) is 43.3 Å². The Morgan fingerprint density at radius 3 is 2.52 bits per heavy atom. The van der Waals surface area contributed by atoms with Crippen LogP contribution in [0, 0.1) is 0 Å². The number of ether oxygens (including phenoxy) is 2. The van der Waals surface area contributed by atoms with Crippen LogP contribution in [-0.2, 0) is 20.7 Å². The van der Waals surface area contributed by atoms with E-state index < -0.39 is 5.97 Å². The number of para-hydroxylation sites is 1. The van der Waals surface area contributed by atoms with Gasteiger partial charge in [-0.2, -0.15) is 0 Å². The maximum absolute atomic E-state index is 11.9. The third kappa shape index (κ3) is 7.36. The molecule has 0 fully saturated rings. The predicted octanol–water partition coefficient (Wildman–Crippen LogP) is 3.39. The Morgan fingerprint density at radius 2 is 1.78 bits per heavy atom. The highest BCUT2D eigenvalue weighted by Crippen LogP contribution is 2.18. The summed E-state index contributed by atoms with van der Waals surface area (Å²) in [6.07, 6.45) is 4.58. The highest BCUT2D eigenvalue weighted by Gasteiger charge is 2.09. The minimum Gasteiger partial charge on any atom is -0.496 e. The van der Waals surface area contributed by atoms with Gasteiger partial charge in [0.1, 0.15) is 5.75 Å². The van der Waals surface area contributed by atoms with Gasteiger partial charge in [0, 0.05) is 17.7 Å². The molecular formula is C22H25NO4. The molecule has 0 spiro atoms. The van der Waals surface area contributed by atoms with Crippen molar-refractivity contribution in [2.45, 2.75) is 25.8 Å². The van der Waals surface area contributed by atoms with Gasteiger partial charge in [-0.3, -0.25) is 4.79 Å². The summed E-state index contributed by atoms with van der Waals surface area (Å²) in [4.78, 5) is 23.7. The Balaban J connectivity index is 1.71. The van der Waals surface area contributed by atoms with E-state index in [4.69, 9.17) is 9.47 Å². The van der Waals surface area contributed by atoms with Crippen molar-refractivity contribution in [2.75, 3.05) is 13.7 Å². The van der Waals surface area contributed by atoms with E-state index in [1.165, 1.54) is 11.6 Å². The minimum atomic E-state index is -0.576. The molecule has 1 amide bonds. The highest BCUT2D eigenvalue weighted by atomic mass is 16.5. The third-order valence-electron chi connectivity index (χ3n) is 4.00. The van der Waals surface area contributed by atoms with E-state index in [9.17, 15) is 9.59 Å². The summed E-state index contributed by atoms with van der Waals surface area (Å²) in [5.41, 5.74) is 1.99. The molecule has 0 aromatic heterocycles. The number of benzene rings is 2. The molecule has 0 heterocycles. The number of methoxy groups -OCH3 is 1. The number of aryl methyl sites for hydroxylation is 1. The fourth-order valence-electron chi connectivity index (χ4n) is 2.56. The molecule has 1 N–H and O–H groups in total. The van der Waals surface area contributed by atoms with Crippen molar-refractivity contribution in [1.82, 2.24) is 5.32 Å². The van der Waals surface area contributed by atoms with Gasteiger partial charge in [-0.25, -0.2) is 4.79 Å². The molecule has 0 saturated carbocycles. The second-order valence-corrected chi connectivity index (χ2v) is 6.18. The van der Waals surface area contributed by atoms with E-state index in [0.717, 1.165) is 18.4 Å². The molecule has 142 valence electrons. The standard InChI is InChI=1S/C22H25NO4/c1-17(12-13-18-8-4-3-5-9-18)23-21(24)16-27-22(25)15-14-19-10-6-7-11-20(19)26-2/h3-11,14-15,17H,12-13,16H2,1-2H3,(H,23,24)/b15-14+/t17-/m1/s1. The second-order valence-electron chi connectivity index (χ2n) is 6.18. The van der Waals surface area contributed by atoms with Gasteiger partial charge in [-0.05, 0) is 37.5 Å². The lowest BCUT2D eigenvalue weighted by Gasteiger charge is -2.13. The topological polar surface area (TPSA) is 64.6 Å². The fourth-order valence-corrected chi connectivity index (χ4v) is 2.56. The first-order valence-electron chi connectivity index (χ1n) is 8.89. The lowest BCUT2D eigenvalue weighted by Crippen LogP contribution is -2.36. The maximum atomic E-state index is 11.9. The molecule has 0 radical (unpaired) electrons. The molecule has 0 aliphatic rings. The summed E-state index contributed by atoms with van der Waals surface area (Å²) in [7, 11) is 1.56. The van der Waals surface area contributed by atoms with E-state index in [1.54, 1.807) is 19.3 Å². The molecule has 0 bridgehead atoms. The molecule has 0 saturated heterocycles. The van der Waals surface area contributed by atoms with E-state index in [0.29, 0.717) is 5.75 Å². The Bertz CT molecular complexity index is 771. The first-order chi connectivity index (χ1) is 13.1. The summed E-state index contributed by atoms with van der Waals surface area (Å²) in [5, 5.41) is 2.84. The molecule has 0 unspecified atom stereocenters. The Hall–Kier alpha value is -3.08. The third-order valence-corrected chi connectivity index (χ3v) is 4.00. The first-order valence-corrected chi connectivity index (χ1v) is 8.89. The van der Waals surface area contributed by atoms with Crippen molar-refractivity contribution >= 4 is 18.0 Å². The van der Waals surface area contributed by atoms with Gasteiger partial charge in [-0.1, -0.05) is 48.5 Å². The lowest BCUT2D eigenvalue weighted by atomic mass is 10.1. The van der Waals surface area contributed by atoms with Crippen LogP contribution in [0.4, 0.5) is 0 Å². The smallest absolute Gasteiger partial charge is 0.331 e. The molecule has 5 nitrogen and oxygen atoms in total. The zero-order valence-electron chi connectivity index (χ0n) is 15.7. The van der Waals surface area contributed by atoms with E-state index in [2.05, 4.69) is 17.4 Å². The Labute approximate surface area is 160 Å². The summed E-state index contributed by atoms with van der Waals surface area (Å²) < 4.78 is 10.2. The van der Waals surface area contributed by atoms with Crippen LogP contribution in [0.3, 0.4) is 0 Å². The predicted molar refractivity (Wildman–Crippen MR) is 105 cm³/mol.